The van der Waals surface area contributed by atoms with Crippen molar-refractivity contribution in [2.45, 2.75) is 26.1 Å². The zero-order valence-electron chi connectivity index (χ0n) is 10.3. The molecule has 0 radical (unpaired) electrons. The van der Waals surface area contributed by atoms with E-state index in [0.29, 0.717) is 5.33 Å². The third kappa shape index (κ3) is 3.78. The topological polar surface area (TPSA) is 3.24 Å². The molecule has 0 aromatic heterocycles. The molecule has 1 aromatic rings. The quantitative estimate of drug-likeness (QED) is 0.753. The van der Waals surface area contributed by atoms with Crippen molar-refractivity contribution in [2.24, 2.45) is 5.41 Å². The number of halogens is 2. The maximum Gasteiger partial charge on any atom is 0.123 e. The van der Waals surface area contributed by atoms with Crippen LogP contribution in [0.4, 0.5) is 10.1 Å². The van der Waals surface area contributed by atoms with Crippen molar-refractivity contribution < 1.29 is 4.39 Å². The zero-order valence-corrected chi connectivity index (χ0v) is 11.9. The predicted octanol–water partition coefficient (Wildman–Crippen LogP) is 4.20. The molecule has 90 valence electrons. The lowest BCUT2D eigenvalue weighted by Gasteiger charge is -2.29. The normalized spacial score (nSPS) is 11.6. The summed E-state index contributed by atoms with van der Waals surface area (Å²) >= 11 is 3.40. The van der Waals surface area contributed by atoms with Crippen molar-refractivity contribution in [3.05, 3.63) is 29.6 Å². The summed E-state index contributed by atoms with van der Waals surface area (Å²) in [6.45, 7) is 7.53. The fourth-order valence-electron chi connectivity index (χ4n) is 1.83. The van der Waals surface area contributed by atoms with Crippen LogP contribution < -0.4 is 4.90 Å². The molecule has 0 atom stereocenters. The largest absolute Gasteiger partial charge is 0.374 e. The molecule has 0 aliphatic heterocycles. The van der Waals surface area contributed by atoms with E-state index in [1.807, 2.05) is 13.1 Å². The first-order valence-corrected chi connectivity index (χ1v) is 6.51. The van der Waals surface area contributed by atoms with Gasteiger partial charge in [-0.15, -0.1) is 0 Å². The third-order valence-electron chi connectivity index (χ3n) is 2.31. The Balaban J connectivity index is 2.94. The van der Waals surface area contributed by atoms with Crippen molar-refractivity contribution in [3.8, 4) is 0 Å². The first kappa shape index (κ1) is 13.5. The van der Waals surface area contributed by atoms with E-state index in [4.69, 9.17) is 0 Å². The number of benzene rings is 1. The van der Waals surface area contributed by atoms with E-state index < -0.39 is 0 Å². The van der Waals surface area contributed by atoms with Crippen LogP contribution in [0.3, 0.4) is 0 Å². The first-order valence-electron chi connectivity index (χ1n) is 5.39. The Morgan fingerprint density at radius 2 is 1.94 bits per heavy atom. The van der Waals surface area contributed by atoms with Crippen molar-refractivity contribution in [3.63, 3.8) is 0 Å². The molecule has 16 heavy (non-hydrogen) atoms. The molecule has 0 amide bonds. The summed E-state index contributed by atoms with van der Waals surface area (Å²) in [5, 5.41) is 0.675. The summed E-state index contributed by atoms with van der Waals surface area (Å²) in [4.78, 5) is 2.18. The highest BCUT2D eigenvalue weighted by Crippen LogP contribution is 2.26. The number of anilines is 1. The molecule has 0 saturated carbocycles. The summed E-state index contributed by atoms with van der Waals surface area (Å²) < 4.78 is 13.1. The highest BCUT2D eigenvalue weighted by molar-refractivity contribution is 9.08. The first-order chi connectivity index (χ1) is 7.33. The van der Waals surface area contributed by atoms with Gasteiger partial charge in [-0.05, 0) is 29.2 Å². The van der Waals surface area contributed by atoms with Crippen LogP contribution >= 0.6 is 15.9 Å². The summed E-state index contributed by atoms with van der Waals surface area (Å²) in [5.41, 5.74) is 2.31. The molecule has 1 rings (SSSR count). The number of hydrogen-bond acceptors (Lipinski definition) is 1. The molecule has 1 nitrogen and oxygen atoms in total. The Hall–Kier alpha value is -0.570. The fourth-order valence-corrected chi connectivity index (χ4v) is 2.28. The van der Waals surface area contributed by atoms with E-state index >= 15 is 0 Å². The summed E-state index contributed by atoms with van der Waals surface area (Å²) in [5.74, 6) is -0.178. The monoisotopic (exact) mass is 287 g/mol. The van der Waals surface area contributed by atoms with Crippen LogP contribution in [0.1, 0.15) is 26.3 Å². The lowest BCUT2D eigenvalue weighted by atomic mass is 9.96. The predicted molar refractivity (Wildman–Crippen MR) is 71.8 cm³/mol. The van der Waals surface area contributed by atoms with E-state index in [0.717, 1.165) is 17.8 Å². The second-order valence-corrected chi connectivity index (χ2v) is 5.88. The smallest absolute Gasteiger partial charge is 0.123 e. The fraction of sp³-hybridized carbons (Fsp3) is 0.538. The molecule has 0 bridgehead atoms. The van der Waals surface area contributed by atoms with Crippen LogP contribution in [-0.2, 0) is 5.33 Å². The lowest BCUT2D eigenvalue weighted by molar-refractivity contribution is 0.418. The van der Waals surface area contributed by atoms with Gasteiger partial charge in [0.25, 0.3) is 0 Å². The van der Waals surface area contributed by atoms with Gasteiger partial charge in [0.1, 0.15) is 5.82 Å². The van der Waals surface area contributed by atoms with Gasteiger partial charge in [-0.2, -0.15) is 0 Å². The molecular weight excluding hydrogens is 269 g/mol. The molecule has 0 N–H and O–H groups in total. The van der Waals surface area contributed by atoms with Gasteiger partial charge in [0, 0.05) is 24.6 Å². The van der Waals surface area contributed by atoms with Gasteiger partial charge in [0.2, 0.25) is 0 Å². The van der Waals surface area contributed by atoms with Crippen molar-refractivity contribution in [2.75, 3.05) is 18.5 Å². The van der Waals surface area contributed by atoms with E-state index in [1.54, 1.807) is 6.07 Å². The summed E-state index contributed by atoms with van der Waals surface area (Å²) in [6, 6.07) is 4.95. The summed E-state index contributed by atoms with van der Waals surface area (Å²) in [6.07, 6.45) is 0. The Morgan fingerprint density at radius 3 is 2.44 bits per heavy atom. The van der Waals surface area contributed by atoms with Crippen LogP contribution in [0, 0.1) is 11.2 Å². The number of rotatable bonds is 3. The minimum Gasteiger partial charge on any atom is -0.374 e. The van der Waals surface area contributed by atoms with Gasteiger partial charge >= 0.3 is 0 Å². The van der Waals surface area contributed by atoms with Crippen LogP contribution in [0.25, 0.3) is 0 Å². The second-order valence-electron chi connectivity index (χ2n) is 5.32. The van der Waals surface area contributed by atoms with E-state index in [1.165, 1.54) is 6.07 Å². The Kier molecular flexibility index (Phi) is 4.36. The second kappa shape index (κ2) is 5.17. The van der Waals surface area contributed by atoms with Crippen molar-refractivity contribution >= 4 is 21.6 Å². The zero-order chi connectivity index (χ0) is 12.3. The lowest BCUT2D eigenvalue weighted by Crippen LogP contribution is -2.29. The van der Waals surface area contributed by atoms with Gasteiger partial charge in [0.05, 0.1) is 0 Å². The minimum absolute atomic E-state index is 0.178. The van der Waals surface area contributed by atoms with Crippen molar-refractivity contribution in [1.29, 1.82) is 0 Å². The SMILES string of the molecule is CN(CC(C)(C)C)c1ccc(F)cc1CBr. The number of hydrogen-bond donors (Lipinski definition) is 0. The highest BCUT2D eigenvalue weighted by atomic mass is 79.9. The van der Waals surface area contributed by atoms with Crippen LogP contribution in [0.2, 0.25) is 0 Å². The highest BCUT2D eigenvalue weighted by Gasteiger charge is 2.16. The number of alkyl halides is 1. The molecule has 0 heterocycles. The van der Waals surface area contributed by atoms with Gasteiger partial charge < -0.3 is 4.90 Å². The van der Waals surface area contributed by atoms with Gasteiger partial charge in [-0.25, -0.2) is 4.39 Å². The van der Waals surface area contributed by atoms with Gasteiger partial charge in [-0.3, -0.25) is 0 Å². The maximum absolute atomic E-state index is 13.1. The molecule has 0 aliphatic rings. The third-order valence-corrected chi connectivity index (χ3v) is 2.91. The molecule has 1 aromatic carbocycles. The Morgan fingerprint density at radius 1 is 1.31 bits per heavy atom. The van der Waals surface area contributed by atoms with Gasteiger partial charge in [0.15, 0.2) is 0 Å². The standard InChI is InChI=1S/C13H19BrFN/c1-13(2,3)9-16(4)12-6-5-11(15)7-10(12)8-14/h5-7H,8-9H2,1-4H3. The molecule has 0 fully saturated rings. The molecule has 0 saturated heterocycles. The Bertz CT molecular complexity index is 357. The average molecular weight is 288 g/mol. The van der Waals surface area contributed by atoms with Gasteiger partial charge in [-0.1, -0.05) is 36.7 Å². The maximum atomic E-state index is 13.1. The number of nitrogens with zero attached hydrogens (tertiary/aromatic N) is 1. The summed E-state index contributed by atoms with van der Waals surface area (Å²) in [7, 11) is 2.05. The molecule has 0 spiro atoms. The molecule has 3 heteroatoms. The van der Waals surface area contributed by atoms with E-state index in [9.17, 15) is 4.39 Å². The van der Waals surface area contributed by atoms with E-state index in [2.05, 4.69) is 41.6 Å². The Labute approximate surface area is 106 Å². The molecule has 0 aliphatic carbocycles. The van der Waals surface area contributed by atoms with E-state index in [-0.39, 0.29) is 11.2 Å². The van der Waals surface area contributed by atoms with Crippen molar-refractivity contribution in [1.82, 2.24) is 0 Å². The molecular formula is C13H19BrFN. The average Bonchev–Trinajstić information content (AvgIpc) is 2.14. The minimum atomic E-state index is -0.178. The van der Waals surface area contributed by atoms with Crippen LogP contribution in [0.15, 0.2) is 18.2 Å². The molecule has 0 unspecified atom stereocenters. The van der Waals surface area contributed by atoms with Crippen LogP contribution in [0.5, 0.6) is 0 Å². The van der Waals surface area contributed by atoms with Crippen LogP contribution in [-0.4, -0.2) is 13.6 Å².